The van der Waals surface area contributed by atoms with Crippen LogP contribution < -0.4 is 0 Å². The first-order valence-corrected chi connectivity index (χ1v) is 10.2. The zero-order valence-corrected chi connectivity index (χ0v) is 16.8. The topological polar surface area (TPSA) is 39.3 Å². The Morgan fingerprint density at radius 3 is 2.50 bits per heavy atom. The summed E-state index contributed by atoms with van der Waals surface area (Å²) in [6.07, 6.45) is 3.52. The molecule has 2 N–H and O–H groups in total. The third-order valence-corrected chi connectivity index (χ3v) is 6.25. The third-order valence-electron chi connectivity index (χ3n) is 6.25. The second-order valence-electron chi connectivity index (χ2n) is 8.26. The smallest absolute Gasteiger partial charge is 0.123 e. The number of likely N-dealkylation sites (tertiary alicyclic amines) is 1. The van der Waals surface area contributed by atoms with Gasteiger partial charge in [-0.15, -0.1) is 0 Å². The average Bonchev–Trinajstić information content (AvgIpc) is 2.99. The zero-order valence-electron chi connectivity index (χ0n) is 16.8. The molecule has 0 aliphatic carbocycles. The molecule has 1 fully saturated rings. The van der Waals surface area contributed by atoms with Crippen molar-refractivity contribution in [1.29, 1.82) is 0 Å². The molecule has 28 heavy (non-hydrogen) atoms. The molecule has 1 aliphatic heterocycles. The first kappa shape index (κ1) is 19.2. The van der Waals surface area contributed by atoms with E-state index in [4.69, 9.17) is 0 Å². The first-order chi connectivity index (χ1) is 13.4. The van der Waals surface area contributed by atoms with Gasteiger partial charge in [0.2, 0.25) is 0 Å². The van der Waals surface area contributed by atoms with E-state index in [1.54, 1.807) is 6.07 Å². The fourth-order valence-corrected chi connectivity index (χ4v) is 4.46. The summed E-state index contributed by atoms with van der Waals surface area (Å²) in [5, 5.41) is 12.0. The van der Waals surface area contributed by atoms with Crippen LogP contribution in [0.25, 0.3) is 10.9 Å². The second kappa shape index (κ2) is 7.69. The van der Waals surface area contributed by atoms with Crippen molar-refractivity contribution in [3.8, 4) is 0 Å². The van der Waals surface area contributed by atoms with Gasteiger partial charge in [-0.2, -0.15) is 0 Å². The lowest BCUT2D eigenvalue weighted by atomic mass is 9.84. The van der Waals surface area contributed by atoms with Crippen LogP contribution in [-0.4, -0.2) is 34.6 Å². The number of aliphatic hydroxyl groups is 1. The fourth-order valence-electron chi connectivity index (χ4n) is 4.46. The molecule has 0 saturated carbocycles. The highest BCUT2D eigenvalue weighted by Crippen LogP contribution is 2.33. The van der Waals surface area contributed by atoms with Crippen molar-refractivity contribution in [2.24, 2.45) is 0 Å². The number of nitrogens with zero attached hydrogens (tertiary/aromatic N) is 1. The number of benzene rings is 2. The van der Waals surface area contributed by atoms with Gasteiger partial charge in [-0.1, -0.05) is 29.8 Å². The molecule has 0 spiro atoms. The predicted molar refractivity (Wildman–Crippen MR) is 112 cm³/mol. The Kier molecular flexibility index (Phi) is 5.26. The monoisotopic (exact) mass is 380 g/mol. The Labute approximate surface area is 166 Å². The van der Waals surface area contributed by atoms with Crippen LogP contribution in [0.15, 0.2) is 42.5 Å². The summed E-state index contributed by atoms with van der Waals surface area (Å²) < 4.78 is 13.6. The molecule has 0 radical (unpaired) electrons. The van der Waals surface area contributed by atoms with Crippen molar-refractivity contribution in [1.82, 2.24) is 9.88 Å². The number of aromatic amines is 1. The molecule has 3 aromatic rings. The standard InChI is InChI=1S/C24H29FN2O/c1-17-5-7-19(8-6-17)24(28)11-14-27(15-12-24)13-3-4-21-18(2)26-23-10-9-20(25)16-22(21)23/h5-10,16,26,28H,3-4,11-15H2,1-2H3. The molecule has 0 unspecified atom stereocenters. The minimum absolute atomic E-state index is 0.181. The quantitative estimate of drug-likeness (QED) is 0.665. The van der Waals surface area contributed by atoms with Crippen molar-refractivity contribution in [3.63, 3.8) is 0 Å². The van der Waals surface area contributed by atoms with Gasteiger partial charge in [0.15, 0.2) is 0 Å². The van der Waals surface area contributed by atoms with E-state index < -0.39 is 5.60 Å². The average molecular weight is 381 g/mol. The van der Waals surface area contributed by atoms with E-state index >= 15 is 0 Å². The van der Waals surface area contributed by atoms with E-state index in [9.17, 15) is 9.50 Å². The Bertz CT molecular complexity index is 953. The predicted octanol–water partition coefficient (Wildman–Crippen LogP) is 4.84. The van der Waals surface area contributed by atoms with Crippen LogP contribution in [0.1, 0.15) is 41.6 Å². The van der Waals surface area contributed by atoms with E-state index in [0.29, 0.717) is 0 Å². The molecule has 148 valence electrons. The first-order valence-electron chi connectivity index (χ1n) is 10.2. The minimum Gasteiger partial charge on any atom is -0.385 e. The summed E-state index contributed by atoms with van der Waals surface area (Å²) in [5.41, 5.74) is 4.92. The third kappa shape index (κ3) is 3.85. The Hall–Kier alpha value is -2.17. The van der Waals surface area contributed by atoms with Crippen LogP contribution in [-0.2, 0) is 12.0 Å². The van der Waals surface area contributed by atoms with Crippen molar-refractivity contribution in [2.75, 3.05) is 19.6 Å². The molecule has 4 rings (SSSR count). The van der Waals surface area contributed by atoms with Gasteiger partial charge in [0.1, 0.15) is 5.82 Å². The number of hydrogen-bond acceptors (Lipinski definition) is 2. The van der Waals surface area contributed by atoms with E-state index in [2.05, 4.69) is 48.0 Å². The molecule has 4 heteroatoms. The number of aromatic nitrogens is 1. The summed E-state index contributed by atoms with van der Waals surface area (Å²) in [7, 11) is 0. The largest absolute Gasteiger partial charge is 0.385 e. The lowest BCUT2D eigenvalue weighted by Crippen LogP contribution is -2.42. The lowest BCUT2D eigenvalue weighted by molar-refractivity contribution is -0.0259. The number of fused-ring (bicyclic) bond motifs is 1. The number of hydrogen-bond donors (Lipinski definition) is 2. The van der Waals surface area contributed by atoms with E-state index in [0.717, 1.165) is 67.5 Å². The van der Waals surface area contributed by atoms with Crippen molar-refractivity contribution in [2.45, 2.75) is 45.1 Å². The van der Waals surface area contributed by atoms with Crippen LogP contribution in [0.5, 0.6) is 0 Å². The maximum Gasteiger partial charge on any atom is 0.123 e. The summed E-state index contributed by atoms with van der Waals surface area (Å²) in [4.78, 5) is 5.80. The number of nitrogens with one attached hydrogen (secondary N) is 1. The Morgan fingerprint density at radius 2 is 1.79 bits per heavy atom. The van der Waals surface area contributed by atoms with Crippen LogP contribution in [0.3, 0.4) is 0 Å². The summed E-state index contributed by atoms with van der Waals surface area (Å²) >= 11 is 0. The molecule has 1 saturated heterocycles. The SMILES string of the molecule is Cc1ccc(C2(O)CCN(CCCc3c(C)[nH]c4ccc(F)cc34)CC2)cc1. The second-order valence-corrected chi connectivity index (χ2v) is 8.26. The normalized spacial score (nSPS) is 17.3. The number of rotatable bonds is 5. The van der Waals surface area contributed by atoms with E-state index in [1.807, 2.05) is 6.07 Å². The Morgan fingerprint density at radius 1 is 1.07 bits per heavy atom. The maximum absolute atomic E-state index is 13.6. The molecule has 0 amide bonds. The number of H-pyrrole nitrogens is 1. The van der Waals surface area contributed by atoms with Crippen molar-refractivity contribution >= 4 is 10.9 Å². The molecule has 1 aromatic heterocycles. The number of piperidine rings is 1. The van der Waals surface area contributed by atoms with Crippen molar-refractivity contribution < 1.29 is 9.50 Å². The number of aryl methyl sites for hydroxylation is 3. The molecule has 0 bridgehead atoms. The van der Waals surface area contributed by atoms with Crippen LogP contribution in [0, 0.1) is 19.7 Å². The van der Waals surface area contributed by atoms with Gasteiger partial charge in [0.05, 0.1) is 5.60 Å². The minimum atomic E-state index is -0.699. The highest BCUT2D eigenvalue weighted by Gasteiger charge is 2.33. The highest BCUT2D eigenvalue weighted by molar-refractivity contribution is 5.84. The fraction of sp³-hybridized carbons (Fsp3) is 0.417. The van der Waals surface area contributed by atoms with Crippen LogP contribution >= 0.6 is 0 Å². The van der Waals surface area contributed by atoms with Crippen molar-refractivity contribution in [3.05, 3.63) is 70.7 Å². The maximum atomic E-state index is 13.6. The molecule has 1 aliphatic rings. The van der Waals surface area contributed by atoms with Crippen LogP contribution in [0.2, 0.25) is 0 Å². The van der Waals surface area contributed by atoms with Gasteiger partial charge in [0, 0.05) is 29.7 Å². The molecule has 2 heterocycles. The van der Waals surface area contributed by atoms with Gasteiger partial charge in [-0.05, 0) is 75.4 Å². The summed E-state index contributed by atoms with van der Waals surface area (Å²) in [5.74, 6) is -0.181. The van der Waals surface area contributed by atoms with Gasteiger partial charge < -0.3 is 15.0 Å². The Balaban J connectivity index is 1.33. The zero-order chi connectivity index (χ0) is 19.7. The van der Waals surface area contributed by atoms with E-state index in [-0.39, 0.29) is 5.82 Å². The molecular formula is C24H29FN2O. The summed E-state index contributed by atoms with van der Waals surface area (Å²) in [6, 6.07) is 13.2. The highest BCUT2D eigenvalue weighted by atomic mass is 19.1. The molecule has 3 nitrogen and oxygen atoms in total. The van der Waals surface area contributed by atoms with E-state index in [1.165, 1.54) is 17.2 Å². The summed E-state index contributed by atoms with van der Waals surface area (Å²) in [6.45, 7) is 6.96. The lowest BCUT2D eigenvalue weighted by Gasteiger charge is -2.38. The van der Waals surface area contributed by atoms with Gasteiger partial charge in [-0.25, -0.2) is 4.39 Å². The number of halogens is 1. The molecular weight excluding hydrogens is 351 g/mol. The molecule has 2 aromatic carbocycles. The van der Waals surface area contributed by atoms with Gasteiger partial charge in [0.25, 0.3) is 0 Å². The van der Waals surface area contributed by atoms with Crippen LogP contribution in [0.4, 0.5) is 4.39 Å². The molecule has 0 atom stereocenters. The van der Waals surface area contributed by atoms with Gasteiger partial charge in [-0.3, -0.25) is 0 Å². The van der Waals surface area contributed by atoms with Gasteiger partial charge >= 0.3 is 0 Å².